The molecule has 100 valence electrons. The minimum absolute atomic E-state index is 0.0865. The summed E-state index contributed by atoms with van der Waals surface area (Å²) in [6.45, 7) is 0.0801. The first-order valence-electron chi connectivity index (χ1n) is 6.10. The summed E-state index contributed by atoms with van der Waals surface area (Å²) in [6, 6.07) is 7.24. The molecule has 1 saturated heterocycles. The van der Waals surface area contributed by atoms with Crippen LogP contribution < -0.4 is 15.8 Å². The van der Waals surface area contributed by atoms with Crippen LogP contribution in [0.25, 0.3) is 0 Å². The molecule has 0 aliphatic carbocycles. The Bertz CT molecular complexity index is 400. The van der Waals surface area contributed by atoms with E-state index >= 15 is 0 Å². The first-order chi connectivity index (χ1) is 8.56. The fourth-order valence-corrected chi connectivity index (χ4v) is 2.29. The van der Waals surface area contributed by atoms with E-state index in [-0.39, 0.29) is 17.7 Å². The Morgan fingerprint density at radius 1 is 1.44 bits per heavy atom. The summed E-state index contributed by atoms with van der Waals surface area (Å²) in [6.07, 6.45) is 0.853. The van der Waals surface area contributed by atoms with Gasteiger partial charge >= 0.3 is 6.61 Å². The lowest BCUT2D eigenvalue weighted by Gasteiger charge is -2.33. The van der Waals surface area contributed by atoms with Gasteiger partial charge in [-0.15, -0.1) is 0 Å². The van der Waals surface area contributed by atoms with Gasteiger partial charge in [0.2, 0.25) is 0 Å². The highest BCUT2D eigenvalue weighted by molar-refractivity contribution is 5.31. The van der Waals surface area contributed by atoms with Crippen molar-refractivity contribution < 1.29 is 13.5 Å². The topological polar surface area (TPSA) is 47.3 Å². The number of benzene rings is 1. The quantitative estimate of drug-likeness (QED) is 0.870. The van der Waals surface area contributed by atoms with Crippen LogP contribution in [0.1, 0.15) is 24.8 Å². The molecule has 0 radical (unpaired) electrons. The smallest absolute Gasteiger partial charge is 0.387 e. The maximum atomic E-state index is 12.2. The van der Waals surface area contributed by atoms with Gasteiger partial charge in [0.1, 0.15) is 5.75 Å². The van der Waals surface area contributed by atoms with Crippen LogP contribution in [0.3, 0.4) is 0 Å². The van der Waals surface area contributed by atoms with Crippen LogP contribution in [0.2, 0.25) is 0 Å². The molecule has 0 spiro atoms. The number of hydrogen-bond acceptors (Lipinski definition) is 3. The highest BCUT2D eigenvalue weighted by Crippen LogP contribution is 2.27. The number of halogens is 2. The molecule has 0 bridgehead atoms. The largest absolute Gasteiger partial charge is 0.435 e. The SMILES string of the molecule is CC1NCC(c2cccc(OC(F)F)c2)CC1N. The molecule has 3 unspecified atom stereocenters. The molecule has 0 saturated carbocycles. The third-order valence-electron chi connectivity index (χ3n) is 3.44. The van der Waals surface area contributed by atoms with Crippen molar-refractivity contribution in [3.63, 3.8) is 0 Å². The number of hydrogen-bond donors (Lipinski definition) is 2. The standard InChI is InChI=1S/C13H18F2N2O/c1-8-12(16)6-10(7-17-8)9-3-2-4-11(5-9)18-13(14)15/h2-5,8,10,12-13,17H,6-7,16H2,1H3. The second-order valence-electron chi connectivity index (χ2n) is 4.74. The van der Waals surface area contributed by atoms with Gasteiger partial charge in [0, 0.05) is 18.6 Å². The van der Waals surface area contributed by atoms with Crippen molar-refractivity contribution in [3.05, 3.63) is 29.8 Å². The lowest BCUT2D eigenvalue weighted by Crippen LogP contribution is -2.50. The molecule has 18 heavy (non-hydrogen) atoms. The zero-order chi connectivity index (χ0) is 13.1. The fraction of sp³-hybridized carbons (Fsp3) is 0.538. The van der Waals surface area contributed by atoms with Crippen LogP contribution in [0.15, 0.2) is 24.3 Å². The highest BCUT2D eigenvalue weighted by Gasteiger charge is 2.25. The molecule has 3 N–H and O–H groups in total. The summed E-state index contributed by atoms with van der Waals surface area (Å²) < 4.78 is 28.7. The average molecular weight is 256 g/mol. The fourth-order valence-electron chi connectivity index (χ4n) is 2.29. The van der Waals surface area contributed by atoms with E-state index in [2.05, 4.69) is 17.0 Å². The second kappa shape index (κ2) is 5.63. The number of alkyl halides is 2. The minimum atomic E-state index is -2.79. The molecule has 0 aromatic heterocycles. The molecule has 1 aliphatic heterocycles. The molecule has 1 heterocycles. The van der Waals surface area contributed by atoms with Crippen LogP contribution in [-0.4, -0.2) is 25.2 Å². The maximum absolute atomic E-state index is 12.2. The van der Waals surface area contributed by atoms with Gasteiger partial charge in [-0.3, -0.25) is 0 Å². The zero-order valence-corrected chi connectivity index (χ0v) is 10.3. The Hall–Kier alpha value is -1.20. The third kappa shape index (κ3) is 3.17. The number of nitrogens with one attached hydrogen (secondary N) is 1. The first-order valence-corrected chi connectivity index (χ1v) is 6.10. The van der Waals surface area contributed by atoms with Crippen LogP contribution in [0.5, 0.6) is 5.75 Å². The van der Waals surface area contributed by atoms with E-state index in [9.17, 15) is 8.78 Å². The lowest BCUT2D eigenvalue weighted by atomic mass is 9.86. The molecule has 1 aliphatic rings. The molecule has 1 aromatic rings. The van der Waals surface area contributed by atoms with E-state index in [4.69, 9.17) is 5.73 Å². The predicted molar refractivity (Wildman–Crippen MR) is 65.9 cm³/mol. The van der Waals surface area contributed by atoms with Crippen molar-refractivity contribution in [1.29, 1.82) is 0 Å². The van der Waals surface area contributed by atoms with Crippen molar-refractivity contribution in [1.82, 2.24) is 5.32 Å². The van der Waals surface area contributed by atoms with Gasteiger partial charge in [0.15, 0.2) is 0 Å². The minimum Gasteiger partial charge on any atom is -0.435 e. The summed E-state index contributed by atoms with van der Waals surface area (Å²) in [5.74, 6) is 0.451. The third-order valence-corrected chi connectivity index (χ3v) is 3.44. The zero-order valence-electron chi connectivity index (χ0n) is 10.3. The van der Waals surface area contributed by atoms with E-state index < -0.39 is 6.61 Å². The Kier molecular flexibility index (Phi) is 4.14. The number of nitrogens with two attached hydrogens (primary N) is 1. The molecule has 5 heteroatoms. The molecule has 3 nitrogen and oxygen atoms in total. The van der Waals surface area contributed by atoms with E-state index in [0.29, 0.717) is 6.04 Å². The van der Waals surface area contributed by atoms with Gasteiger partial charge in [-0.1, -0.05) is 12.1 Å². The highest BCUT2D eigenvalue weighted by atomic mass is 19.3. The first kappa shape index (κ1) is 13.2. The summed E-state index contributed by atoms with van der Waals surface area (Å²) in [4.78, 5) is 0. The number of rotatable bonds is 3. The van der Waals surface area contributed by atoms with E-state index in [1.807, 2.05) is 6.07 Å². The van der Waals surface area contributed by atoms with E-state index in [1.54, 1.807) is 12.1 Å². The van der Waals surface area contributed by atoms with Crippen molar-refractivity contribution in [3.8, 4) is 5.75 Å². The van der Waals surface area contributed by atoms with Crippen molar-refractivity contribution in [2.24, 2.45) is 5.73 Å². The molecule has 1 aromatic carbocycles. The average Bonchev–Trinajstić information content (AvgIpc) is 2.32. The summed E-state index contributed by atoms with van der Waals surface area (Å²) >= 11 is 0. The van der Waals surface area contributed by atoms with Crippen molar-refractivity contribution in [2.75, 3.05) is 6.54 Å². The molecular weight excluding hydrogens is 238 g/mol. The molecule has 0 amide bonds. The van der Waals surface area contributed by atoms with Crippen LogP contribution in [0, 0.1) is 0 Å². The predicted octanol–water partition coefficient (Wildman–Crippen LogP) is 2.08. The Labute approximate surface area is 105 Å². The summed E-state index contributed by atoms with van der Waals surface area (Å²) in [5.41, 5.74) is 7.00. The van der Waals surface area contributed by atoms with E-state index in [0.717, 1.165) is 18.5 Å². The summed E-state index contributed by atoms with van der Waals surface area (Å²) in [5, 5.41) is 3.33. The second-order valence-corrected chi connectivity index (χ2v) is 4.74. The number of ether oxygens (including phenoxy) is 1. The lowest BCUT2D eigenvalue weighted by molar-refractivity contribution is -0.0499. The molecule has 3 atom stereocenters. The van der Waals surface area contributed by atoms with Gasteiger partial charge < -0.3 is 15.8 Å². The van der Waals surface area contributed by atoms with Gasteiger partial charge in [-0.05, 0) is 37.0 Å². The Balaban J connectivity index is 2.08. The van der Waals surface area contributed by atoms with Crippen molar-refractivity contribution >= 4 is 0 Å². The maximum Gasteiger partial charge on any atom is 0.387 e. The number of piperidine rings is 1. The van der Waals surface area contributed by atoms with Crippen LogP contribution >= 0.6 is 0 Å². The Morgan fingerprint density at radius 2 is 2.22 bits per heavy atom. The van der Waals surface area contributed by atoms with Gasteiger partial charge in [-0.25, -0.2) is 0 Å². The van der Waals surface area contributed by atoms with Gasteiger partial charge in [0.25, 0.3) is 0 Å². The molecular formula is C13H18F2N2O. The molecule has 2 rings (SSSR count). The van der Waals surface area contributed by atoms with Crippen LogP contribution in [-0.2, 0) is 0 Å². The van der Waals surface area contributed by atoms with E-state index in [1.165, 1.54) is 6.07 Å². The molecule has 1 fully saturated rings. The van der Waals surface area contributed by atoms with Gasteiger partial charge in [-0.2, -0.15) is 8.78 Å². The van der Waals surface area contributed by atoms with Crippen LogP contribution in [0.4, 0.5) is 8.78 Å². The summed E-state index contributed by atoms with van der Waals surface area (Å²) in [7, 11) is 0. The van der Waals surface area contributed by atoms with Gasteiger partial charge in [0.05, 0.1) is 0 Å². The van der Waals surface area contributed by atoms with Crippen molar-refractivity contribution in [2.45, 2.75) is 38.0 Å². The monoisotopic (exact) mass is 256 g/mol. The normalized spacial score (nSPS) is 28.4. The Morgan fingerprint density at radius 3 is 2.89 bits per heavy atom.